The normalized spacial score (nSPS) is 31.2. The first-order chi connectivity index (χ1) is 4.84. The molecule has 0 radical (unpaired) electrons. The molecule has 1 rings (SSSR count). The lowest BCUT2D eigenvalue weighted by Crippen LogP contribution is -2.22. The SMILES string of the molecule is CC.CCC1CCNC1C. The van der Waals surface area contributed by atoms with Crippen LogP contribution in [0.15, 0.2) is 0 Å². The summed E-state index contributed by atoms with van der Waals surface area (Å²) in [7, 11) is 0. The van der Waals surface area contributed by atoms with Gasteiger partial charge in [-0.15, -0.1) is 0 Å². The van der Waals surface area contributed by atoms with E-state index in [0.29, 0.717) is 0 Å². The lowest BCUT2D eigenvalue weighted by atomic mass is 10.00. The molecule has 0 amide bonds. The molecule has 0 saturated carbocycles. The predicted octanol–water partition coefficient (Wildman–Crippen LogP) is 2.42. The van der Waals surface area contributed by atoms with Crippen LogP contribution in [0.1, 0.15) is 40.5 Å². The van der Waals surface area contributed by atoms with E-state index in [1.165, 1.54) is 19.4 Å². The molecule has 1 saturated heterocycles. The highest BCUT2D eigenvalue weighted by Gasteiger charge is 2.19. The Kier molecular flexibility index (Phi) is 5.70. The van der Waals surface area contributed by atoms with Crippen molar-refractivity contribution in [2.45, 2.75) is 46.6 Å². The summed E-state index contributed by atoms with van der Waals surface area (Å²) in [4.78, 5) is 0. The van der Waals surface area contributed by atoms with Crippen molar-refractivity contribution in [1.29, 1.82) is 0 Å². The molecule has 1 aliphatic heterocycles. The summed E-state index contributed by atoms with van der Waals surface area (Å²) in [6.45, 7) is 9.79. The molecule has 1 aliphatic rings. The van der Waals surface area contributed by atoms with Gasteiger partial charge in [-0.25, -0.2) is 0 Å². The van der Waals surface area contributed by atoms with E-state index >= 15 is 0 Å². The Balaban J connectivity index is 0.000000371. The van der Waals surface area contributed by atoms with Crippen molar-refractivity contribution in [3.8, 4) is 0 Å². The molecule has 0 aromatic carbocycles. The third-order valence-electron chi connectivity index (χ3n) is 2.21. The summed E-state index contributed by atoms with van der Waals surface area (Å²) in [6, 6.07) is 0.778. The monoisotopic (exact) mass is 143 g/mol. The molecule has 10 heavy (non-hydrogen) atoms. The Labute approximate surface area is 65.2 Å². The second-order valence-corrected chi connectivity index (χ2v) is 2.70. The topological polar surface area (TPSA) is 12.0 Å². The van der Waals surface area contributed by atoms with E-state index in [9.17, 15) is 0 Å². The molecule has 1 nitrogen and oxygen atoms in total. The molecule has 0 bridgehead atoms. The first kappa shape index (κ1) is 9.96. The van der Waals surface area contributed by atoms with Gasteiger partial charge in [0.05, 0.1) is 0 Å². The van der Waals surface area contributed by atoms with Crippen LogP contribution >= 0.6 is 0 Å². The quantitative estimate of drug-likeness (QED) is 0.594. The average Bonchev–Trinajstić information content (AvgIpc) is 2.39. The van der Waals surface area contributed by atoms with Gasteiger partial charge >= 0.3 is 0 Å². The Bertz CT molecular complexity index is 71.1. The van der Waals surface area contributed by atoms with Crippen LogP contribution in [0.2, 0.25) is 0 Å². The van der Waals surface area contributed by atoms with E-state index in [1.54, 1.807) is 0 Å². The van der Waals surface area contributed by atoms with Crippen molar-refractivity contribution in [3.05, 3.63) is 0 Å². The van der Waals surface area contributed by atoms with Crippen molar-refractivity contribution in [2.75, 3.05) is 6.54 Å². The van der Waals surface area contributed by atoms with Crippen LogP contribution in [0.25, 0.3) is 0 Å². The van der Waals surface area contributed by atoms with Gasteiger partial charge in [0, 0.05) is 6.04 Å². The van der Waals surface area contributed by atoms with Crippen LogP contribution in [0, 0.1) is 5.92 Å². The molecule has 1 heterocycles. The zero-order valence-electron chi connectivity index (χ0n) is 7.78. The lowest BCUT2D eigenvalue weighted by molar-refractivity contribution is 0.463. The zero-order valence-corrected chi connectivity index (χ0v) is 7.78. The summed E-state index contributed by atoms with van der Waals surface area (Å²) < 4.78 is 0. The van der Waals surface area contributed by atoms with Gasteiger partial charge in [-0.2, -0.15) is 0 Å². The highest BCUT2D eigenvalue weighted by molar-refractivity contribution is 4.78. The van der Waals surface area contributed by atoms with E-state index in [1.807, 2.05) is 13.8 Å². The standard InChI is InChI=1S/C7H15N.C2H6/c1-3-7-4-5-8-6(7)2;1-2/h6-8H,3-5H2,1-2H3;1-2H3. The maximum atomic E-state index is 3.42. The van der Waals surface area contributed by atoms with Gasteiger partial charge in [0.15, 0.2) is 0 Å². The fourth-order valence-electron chi connectivity index (χ4n) is 1.47. The molecule has 0 aliphatic carbocycles. The maximum Gasteiger partial charge on any atom is 0.00673 e. The Morgan fingerprint density at radius 1 is 1.40 bits per heavy atom. The second kappa shape index (κ2) is 5.72. The van der Waals surface area contributed by atoms with E-state index in [0.717, 1.165) is 12.0 Å². The third kappa shape index (κ3) is 2.70. The van der Waals surface area contributed by atoms with Gasteiger partial charge in [0.2, 0.25) is 0 Å². The predicted molar refractivity (Wildman–Crippen MR) is 47.2 cm³/mol. The van der Waals surface area contributed by atoms with Crippen molar-refractivity contribution in [2.24, 2.45) is 5.92 Å². The molecular weight excluding hydrogens is 122 g/mol. The summed E-state index contributed by atoms with van der Waals surface area (Å²) in [5.74, 6) is 0.954. The van der Waals surface area contributed by atoms with Gasteiger partial charge in [-0.05, 0) is 25.8 Å². The summed E-state index contributed by atoms with van der Waals surface area (Å²) in [5.41, 5.74) is 0. The number of rotatable bonds is 1. The third-order valence-corrected chi connectivity index (χ3v) is 2.21. The zero-order chi connectivity index (χ0) is 7.98. The van der Waals surface area contributed by atoms with E-state index in [-0.39, 0.29) is 0 Å². The van der Waals surface area contributed by atoms with Crippen LogP contribution in [-0.2, 0) is 0 Å². The van der Waals surface area contributed by atoms with Crippen molar-refractivity contribution < 1.29 is 0 Å². The molecule has 0 aromatic heterocycles. The minimum atomic E-state index is 0.778. The number of nitrogens with one attached hydrogen (secondary N) is 1. The van der Waals surface area contributed by atoms with E-state index in [4.69, 9.17) is 0 Å². The van der Waals surface area contributed by atoms with Crippen LogP contribution in [0.3, 0.4) is 0 Å². The Morgan fingerprint density at radius 3 is 2.20 bits per heavy atom. The molecule has 1 fully saturated rings. The molecular formula is C9H21N. The Morgan fingerprint density at radius 2 is 2.00 bits per heavy atom. The van der Waals surface area contributed by atoms with Gasteiger partial charge in [-0.1, -0.05) is 27.2 Å². The number of hydrogen-bond acceptors (Lipinski definition) is 1. The molecule has 1 N–H and O–H groups in total. The molecule has 0 aromatic rings. The van der Waals surface area contributed by atoms with Crippen molar-refractivity contribution in [3.63, 3.8) is 0 Å². The van der Waals surface area contributed by atoms with Gasteiger partial charge in [0.25, 0.3) is 0 Å². The smallest absolute Gasteiger partial charge is 0.00673 e. The second-order valence-electron chi connectivity index (χ2n) is 2.70. The number of hydrogen-bond donors (Lipinski definition) is 1. The highest BCUT2D eigenvalue weighted by atomic mass is 14.9. The van der Waals surface area contributed by atoms with E-state index < -0.39 is 0 Å². The van der Waals surface area contributed by atoms with Crippen LogP contribution in [0.4, 0.5) is 0 Å². The minimum absolute atomic E-state index is 0.778. The summed E-state index contributed by atoms with van der Waals surface area (Å²) >= 11 is 0. The van der Waals surface area contributed by atoms with E-state index in [2.05, 4.69) is 19.2 Å². The summed E-state index contributed by atoms with van der Waals surface area (Å²) in [5, 5.41) is 3.42. The van der Waals surface area contributed by atoms with Crippen LogP contribution < -0.4 is 5.32 Å². The van der Waals surface area contributed by atoms with Crippen LogP contribution in [-0.4, -0.2) is 12.6 Å². The van der Waals surface area contributed by atoms with Gasteiger partial charge < -0.3 is 5.32 Å². The average molecular weight is 143 g/mol. The van der Waals surface area contributed by atoms with Crippen molar-refractivity contribution in [1.82, 2.24) is 5.32 Å². The lowest BCUT2D eigenvalue weighted by Gasteiger charge is -2.10. The molecule has 2 unspecified atom stereocenters. The minimum Gasteiger partial charge on any atom is -0.314 e. The largest absolute Gasteiger partial charge is 0.314 e. The fraction of sp³-hybridized carbons (Fsp3) is 1.00. The molecule has 2 atom stereocenters. The highest BCUT2D eigenvalue weighted by Crippen LogP contribution is 2.17. The fourth-order valence-corrected chi connectivity index (χ4v) is 1.47. The molecule has 1 heteroatoms. The first-order valence-corrected chi connectivity index (χ1v) is 4.58. The van der Waals surface area contributed by atoms with Crippen LogP contribution in [0.5, 0.6) is 0 Å². The molecule has 62 valence electrons. The Hall–Kier alpha value is -0.0400. The van der Waals surface area contributed by atoms with Gasteiger partial charge in [-0.3, -0.25) is 0 Å². The molecule has 0 spiro atoms. The van der Waals surface area contributed by atoms with Gasteiger partial charge in [0.1, 0.15) is 0 Å². The van der Waals surface area contributed by atoms with Crippen molar-refractivity contribution >= 4 is 0 Å². The maximum absolute atomic E-state index is 3.42. The first-order valence-electron chi connectivity index (χ1n) is 4.58. The summed E-state index contributed by atoms with van der Waals surface area (Å²) in [6.07, 6.45) is 2.73.